The number of benzene rings is 4. The number of para-hydroxylation sites is 2. The van der Waals surface area contributed by atoms with E-state index >= 15 is 0 Å². The lowest BCUT2D eigenvalue weighted by molar-refractivity contribution is 1.46. The van der Waals surface area contributed by atoms with Gasteiger partial charge in [0.15, 0.2) is 0 Å². The molecule has 0 saturated heterocycles. The molecule has 4 aromatic carbocycles. The lowest BCUT2D eigenvalue weighted by atomic mass is 10.0. The summed E-state index contributed by atoms with van der Waals surface area (Å²) in [6.07, 6.45) is 3.59. The summed E-state index contributed by atoms with van der Waals surface area (Å²) in [5.74, 6) is 0. The summed E-state index contributed by atoms with van der Waals surface area (Å²) in [6.45, 7) is 0. The molecular weight excluding hydrogens is 392 g/mol. The maximum atomic E-state index is 8.96. The fraction of sp³-hybridized carbons (Fsp3) is 0. The van der Waals surface area contributed by atoms with Crippen molar-refractivity contribution in [1.29, 1.82) is 10.5 Å². The van der Waals surface area contributed by atoms with Crippen molar-refractivity contribution in [2.75, 3.05) is 0 Å². The first-order valence-corrected chi connectivity index (χ1v) is 10.0. The van der Waals surface area contributed by atoms with Crippen LogP contribution in [-0.2, 0) is 0 Å². The van der Waals surface area contributed by atoms with Crippen LogP contribution in [0.15, 0.2) is 107 Å². The zero-order valence-electron chi connectivity index (χ0n) is 17.2. The third-order valence-electron chi connectivity index (χ3n) is 4.88. The molecule has 4 aromatic rings. The number of rotatable bonds is 5. The minimum absolute atomic E-state index is 0.622. The Hall–Kier alpha value is -4.80. The Kier molecular flexibility index (Phi) is 6.27. The van der Waals surface area contributed by atoms with Gasteiger partial charge in [-0.2, -0.15) is 10.5 Å². The van der Waals surface area contributed by atoms with E-state index < -0.39 is 0 Å². The molecular formula is C28H18N4. The second-order valence-electron chi connectivity index (χ2n) is 7.02. The van der Waals surface area contributed by atoms with Gasteiger partial charge in [-0.3, -0.25) is 9.98 Å². The molecule has 150 valence electrons. The Morgan fingerprint density at radius 3 is 1.25 bits per heavy atom. The molecule has 0 aliphatic carbocycles. The third-order valence-corrected chi connectivity index (χ3v) is 4.88. The minimum atomic E-state index is 0.622. The zero-order chi connectivity index (χ0) is 22.2. The van der Waals surface area contributed by atoms with Crippen molar-refractivity contribution in [3.63, 3.8) is 0 Å². The molecule has 0 unspecified atom stereocenters. The number of nitrogens with zero attached hydrogens (tertiary/aromatic N) is 4. The number of aliphatic imine (C=N–C) groups is 2. The van der Waals surface area contributed by atoms with E-state index in [-0.39, 0.29) is 0 Å². The number of hydrogen-bond acceptors (Lipinski definition) is 4. The SMILES string of the molecule is N#Cc1ccc(C=Nc2ccccc2-c2ccccc2N=Cc2ccc(C#N)cc2)cc1. The van der Waals surface area contributed by atoms with Crippen LogP contribution in [0.2, 0.25) is 0 Å². The molecule has 0 aliphatic heterocycles. The van der Waals surface area contributed by atoms with E-state index in [2.05, 4.69) is 12.1 Å². The highest BCUT2D eigenvalue weighted by Gasteiger charge is 2.08. The number of hydrogen-bond donors (Lipinski definition) is 0. The normalized spacial score (nSPS) is 10.8. The highest BCUT2D eigenvalue weighted by Crippen LogP contribution is 2.36. The molecule has 32 heavy (non-hydrogen) atoms. The molecule has 0 bridgehead atoms. The van der Waals surface area contributed by atoms with E-state index in [9.17, 15) is 0 Å². The molecule has 4 rings (SSSR count). The Morgan fingerprint density at radius 2 is 0.875 bits per heavy atom. The fourth-order valence-electron chi connectivity index (χ4n) is 3.20. The van der Waals surface area contributed by atoms with Gasteiger partial charge in [0.2, 0.25) is 0 Å². The average molecular weight is 410 g/mol. The van der Waals surface area contributed by atoms with Crippen LogP contribution in [0.1, 0.15) is 22.3 Å². The van der Waals surface area contributed by atoms with Crippen molar-refractivity contribution in [2.24, 2.45) is 9.98 Å². The number of nitriles is 2. The smallest absolute Gasteiger partial charge is 0.0991 e. The van der Waals surface area contributed by atoms with E-state index in [0.717, 1.165) is 33.6 Å². The second-order valence-corrected chi connectivity index (χ2v) is 7.02. The van der Waals surface area contributed by atoms with E-state index in [1.165, 1.54) is 0 Å². The molecule has 4 heteroatoms. The van der Waals surface area contributed by atoms with Crippen LogP contribution in [0.4, 0.5) is 11.4 Å². The van der Waals surface area contributed by atoms with E-state index in [1.54, 1.807) is 36.7 Å². The first kappa shape index (κ1) is 20.5. The monoisotopic (exact) mass is 410 g/mol. The summed E-state index contributed by atoms with van der Waals surface area (Å²) in [4.78, 5) is 9.39. The van der Waals surface area contributed by atoms with Crippen LogP contribution < -0.4 is 0 Å². The maximum Gasteiger partial charge on any atom is 0.0991 e. The van der Waals surface area contributed by atoms with Crippen LogP contribution in [-0.4, -0.2) is 12.4 Å². The molecule has 0 N–H and O–H groups in total. The molecule has 0 radical (unpaired) electrons. The highest BCUT2D eigenvalue weighted by molar-refractivity contribution is 5.90. The van der Waals surface area contributed by atoms with Crippen molar-refractivity contribution in [3.05, 3.63) is 119 Å². The second kappa shape index (κ2) is 9.80. The average Bonchev–Trinajstić information content (AvgIpc) is 2.87. The van der Waals surface area contributed by atoms with Crippen molar-refractivity contribution in [2.45, 2.75) is 0 Å². The summed E-state index contributed by atoms with van der Waals surface area (Å²) in [5, 5.41) is 17.9. The van der Waals surface area contributed by atoms with Gasteiger partial charge >= 0.3 is 0 Å². The van der Waals surface area contributed by atoms with Crippen molar-refractivity contribution < 1.29 is 0 Å². The standard InChI is InChI=1S/C28H18N4/c29-17-21-9-13-23(14-10-21)19-31-27-7-3-1-5-25(27)26-6-2-4-8-28(26)32-20-24-15-11-22(18-30)12-16-24/h1-16,19-20H. The first-order chi connectivity index (χ1) is 15.8. The molecule has 4 nitrogen and oxygen atoms in total. The fourth-order valence-corrected chi connectivity index (χ4v) is 3.20. The first-order valence-electron chi connectivity index (χ1n) is 10.0. The lowest BCUT2D eigenvalue weighted by Crippen LogP contribution is -1.85. The van der Waals surface area contributed by atoms with Gasteiger partial charge in [-0.25, -0.2) is 0 Å². The van der Waals surface area contributed by atoms with E-state index in [0.29, 0.717) is 11.1 Å². The largest absolute Gasteiger partial charge is 0.256 e. The molecule has 0 aliphatic rings. The Labute approximate surface area is 187 Å². The molecule has 0 spiro atoms. The summed E-state index contributed by atoms with van der Waals surface area (Å²) >= 11 is 0. The van der Waals surface area contributed by atoms with Crippen molar-refractivity contribution in [3.8, 4) is 23.3 Å². The molecule has 0 amide bonds. The van der Waals surface area contributed by atoms with Crippen LogP contribution in [0.5, 0.6) is 0 Å². The van der Waals surface area contributed by atoms with Gasteiger partial charge in [0, 0.05) is 23.6 Å². The van der Waals surface area contributed by atoms with Gasteiger partial charge in [-0.15, -0.1) is 0 Å². The molecule has 0 fully saturated rings. The molecule has 0 aromatic heterocycles. The Bertz CT molecular complexity index is 1260. The Morgan fingerprint density at radius 1 is 0.500 bits per heavy atom. The molecule has 0 saturated carbocycles. The highest BCUT2D eigenvalue weighted by atomic mass is 14.7. The summed E-state index contributed by atoms with van der Waals surface area (Å²) in [5.41, 5.74) is 6.70. The predicted molar refractivity (Wildman–Crippen MR) is 129 cm³/mol. The van der Waals surface area contributed by atoms with Gasteiger partial charge in [-0.05, 0) is 47.5 Å². The third kappa shape index (κ3) is 4.84. The van der Waals surface area contributed by atoms with Gasteiger partial charge in [0.25, 0.3) is 0 Å². The van der Waals surface area contributed by atoms with Gasteiger partial charge < -0.3 is 0 Å². The predicted octanol–water partition coefficient (Wildman–Crippen LogP) is 6.60. The Balaban J connectivity index is 1.66. The van der Waals surface area contributed by atoms with E-state index in [4.69, 9.17) is 20.5 Å². The van der Waals surface area contributed by atoms with Crippen LogP contribution in [0.25, 0.3) is 11.1 Å². The van der Waals surface area contributed by atoms with Gasteiger partial charge in [-0.1, -0.05) is 60.7 Å². The quantitative estimate of drug-likeness (QED) is 0.348. The topological polar surface area (TPSA) is 72.3 Å². The molecule has 0 atom stereocenters. The lowest BCUT2D eigenvalue weighted by Gasteiger charge is -2.09. The minimum Gasteiger partial charge on any atom is -0.256 e. The van der Waals surface area contributed by atoms with Crippen molar-refractivity contribution in [1.82, 2.24) is 0 Å². The summed E-state index contributed by atoms with van der Waals surface area (Å²) < 4.78 is 0. The maximum absolute atomic E-state index is 8.96. The van der Waals surface area contributed by atoms with Crippen LogP contribution in [0.3, 0.4) is 0 Å². The van der Waals surface area contributed by atoms with Gasteiger partial charge in [0.05, 0.1) is 34.6 Å². The van der Waals surface area contributed by atoms with Crippen molar-refractivity contribution >= 4 is 23.8 Å². The van der Waals surface area contributed by atoms with Crippen LogP contribution in [0, 0.1) is 22.7 Å². The summed E-state index contributed by atoms with van der Waals surface area (Å²) in [6, 6.07) is 34.7. The van der Waals surface area contributed by atoms with Crippen LogP contribution >= 0.6 is 0 Å². The van der Waals surface area contributed by atoms with E-state index in [1.807, 2.05) is 72.8 Å². The molecule has 0 heterocycles. The zero-order valence-corrected chi connectivity index (χ0v) is 17.2. The summed E-state index contributed by atoms with van der Waals surface area (Å²) in [7, 11) is 0. The van der Waals surface area contributed by atoms with Gasteiger partial charge in [0.1, 0.15) is 0 Å².